The van der Waals surface area contributed by atoms with E-state index in [1.54, 1.807) is 5.57 Å². The van der Waals surface area contributed by atoms with Gasteiger partial charge in [-0.2, -0.15) is 0 Å². The highest BCUT2D eigenvalue weighted by atomic mass is 14.6. The standard InChI is InChI=1S/C26H42.C3H8/c1-6-8-19-13-15-25(4)20(17-19)9-10-21-23-12-11-22(18(3)7-2)26(23,5)16-14-24(21)25;1-3-2/h7,14,19-23H,6,8-13,15-17H2,1-5H3;3H2,1-2H3/t19-,20-,21-,22+,23-,25-,26+;/m0./s1. The number of hydrogen-bond donors (Lipinski definition) is 0. The van der Waals surface area contributed by atoms with Gasteiger partial charge in [0.1, 0.15) is 0 Å². The molecule has 29 heavy (non-hydrogen) atoms. The Balaban J connectivity index is 0.000000755. The van der Waals surface area contributed by atoms with Crippen LogP contribution in [0.4, 0.5) is 0 Å². The molecule has 0 nitrogen and oxygen atoms in total. The van der Waals surface area contributed by atoms with Crippen LogP contribution in [0.5, 0.6) is 0 Å². The maximum Gasteiger partial charge on any atom is -0.00851 e. The van der Waals surface area contributed by atoms with Crippen LogP contribution in [-0.4, -0.2) is 0 Å². The molecule has 166 valence electrons. The van der Waals surface area contributed by atoms with E-state index in [2.05, 4.69) is 60.6 Å². The second kappa shape index (κ2) is 9.32. The summed E-state index contributed by atoms with van der Waals surface area (Å²) < 4.78 is 0. The zero-order chi connectivity index (χ0) is 21.2. The van der Waals surface area contributed by atoms with Crippen LogP contribution in [0.3, 0.4) is 0 Å². The van der Waals surface area contributed by atoms with Gasteiger partial charge >= 0.3 is 0 Å². The van der Waals surface area contributed by atoms with Gasteiger partial charge in [-0.3, -0.25) is 0 Å². The quantitative estimate of drug-likeness (QED) is 0.415. The van der Waals surface area contributed by atoms with Gasteiger partial charge in [0.15, 0.2) is 0 Å². The van der Waals surface area contributed by atoms with Crippen molar-refractivity contribution in [3.8, 4) is 0 Å². The molecule has 0 heterocycles. The van der Waals surface area contributed by atoms with Crippen molar-refractivity contribution < 1.29 is 0 Å². The van der Waals surface area contributed by atoms with Crippen LogP contribution < -0.4 is 0 Å². The topological polar surface area (TPSA) is 0 Å². The Bertz CT molecular complexity index is 610. The van der Waals surface area contributed by atoms with E-state index in [1.807, 2.05) is 5.57 Å². The third-order valence-corrected chi connectivity index (χ3v) is 9.83. The molecule has 0 aromatic rings. The Labute approximate surface area is 183 Å². The van der Waals surface area contributed by atoms with Crippen LogP contribution in [0.2, 0.25) is 0 Å². The van der Waals surface area contributed by atoms with E-state index in [-0.39, 0.29) is 0 Å². The number of hydrogen-bond acceptors (Lipinski definition) is 0. The van der Waals surface area contributed by atoms with Crippen molar-refractivity contribution in [1.82, 2.24) is 0 Å². The van der Waals surface area contributed by atoms with Crippen LogP contribution in [0.25, 0.3) is 0 Å². The first-order chi connectivity index (χ1) is 13.9. The summed E-state index contributed by atoms with van der Waals surface area (Å²) in [6, 6.07) is 0. The van der Waals surface area contributed by atoms with Gasteiger partial charge in [-0.05, 0) is 106 Å². The third kappa shape index (κ3) is 4.04. The SMILES string of the molecule is CC=C(C)[C@H]1CC[C@H]2[C@@H]3CC[C@H]4C[C@@H](CCC)CC[C@]4(C)C3=CC[C@]12C.CCC. The molecule has 0 amide bonds. The first kappa shape index (κ1) is 23.1. The Morgan fingerprint density at radius 2 is 1.79 bits per heavy atom. The lowest BCUT2D eigenvalue weighted by Crippen LogP contribution is -2.47. The predicted molar refractivity (Wildman–Crippen MR) is 129 cm³/mol. The van der Waals surface area contributed by atoms with Gasteiger partial charge in [0, 0.05) is 0 Å². The molecule has 3 fully saturated rings. The molecule has 0 aromatic carbocycles. The van der Waals surface area contributed by atoms with Crippen LogP contribution in [0.1, 0.15) is 119 Å². The summed E-state index contributed by atoms with van der Waals surface area (Å²) in [7, 11) is 0. The zero-order valence-corrected chi connectivity index (χ0v) is 20.8. The first-order valence-corrected chi connectivity index (χ1v) is 13.2. The Morgan fingerprint density at radius 3 is 2.45 bits per heavy atom. The van der Waals surface area contributed by atoms with Gasteiger partial charge in [0.25, 0.3) is 0 Å². The summed E-state index contributed by atoms with van der Waals surface area (Å²) in [4.78, 5) is 0. The van der Waals surface area contributed by atoms with E-state index in [1.165, 1.54) is 70.6 Å². The van der Waals surface area contributed by atoms with E-state index in [0.29, 0.717) is 10.8 Å². The molecule has 4 rings (SSSR count). The van der Waals surface area contributed by atoms with Crippen molar-refractivity contribution in [2.75, 3.05) is 0 Å². The lowest BCUT2D eigenvalue weighted by molar-refractivity contribution is 0.0186. The monoisotopic (exact) mass is 398 g/mol. The molecular weight excluding hydrogens is 348 g/mol. The molecule has 4 aliphatic rings. The largest absolute Gasteiger partial charge is 0.0884 e. The second-order valence-corrected chi connectivity index (χ2v) is 11.6. The van der Waals surface area contributed by atoms with Crippen LogP contribution in [0, 0.1) is 40.4 Å². The maximum atomic E-state index is 2.79. The lowest BCUT2D eigenvalue weighted by atomic mass is 9.48. The van der Waals surface area contributed by atoms with Gasteiger partial charge in [0.05, 0.1) is 0 Å². The summed E-state index contributed by atoms with van der Waals surface area (Å²) in [5, 5.41) is 0. The minimum atomic E-state index is 0.535. The summed E-state index contributed by atoms with van der Waals surface area (Å²) in [6.45, 7) is 16.6. The Morgan fingerprint density at radius 1 is 1.07 bits per heavy atom. The number of rotatable bonds is 3. The number of allylic oxidation sites excluding steroid dienone is 4. The number of fused-ring (bicyclic) bond motifs is 5. The summed E-state index contributed by atoms with van der Waals surface area (Å²) in [5.41, 5.74) is 4.67. The Hall–Kier alpha value is -0.520. The van der Waals surface area contributed by atoms with Gasteiger partial charge in [0.2, 0.25) is 0 Å². The van der Waals surface area contributed by atoms with Gasteiger partial charge < -0.3 is 0 Å². The summed E-state index contributed by atoms with van der Waals surface area (Å²) in [6.07, 6.45) is 21.0. The van der Waals surface area contributed by atoms with Crippen LogP contribution in [0.15, 0.2) is 23.3 Å². The highest BCUT2D eigenvalue weighted by Gasteiger charge is 2.57. The van der Waals surface area contributed by atoms with Gasteiger partial charge in [-0.25, -0.2) is 0 Å². The molecule has 0 spiro atoms. The van der Waals surface area contributed by atoms with Crippen molar-refractivity contribution in [3.63, 3.8) is 0 Å². The zero-order valence-electron chi connectivity index (χ0n) is 20.8. The molecule has 4 aliphatic carbocycles. The first-order valence-electron chi connectivity index (χ1n) is 13.2. The normalized spacial score (nSPS) is 44.0. The van der Waals surface area contributed by atoms with E-state index >= 15 is 0 Å². The van der Waals surface area contributed by atoms with Crippen molar-refractivity contribution in [2.24, 2.45) is 40.4 Å². The van der Waals surface area contributed by atoms with Crippen LogP contribution >= 0.6 is 0 Å². The average molecular weight is 399 g/mol. The predicted octanol–water partition coefficient (Wildman–Crippen LogP) is 9.36. The van der Waals surface area contributed by atoms with E-state index < -0.39 is 0 Å². The molecule has 0 unspecified atom stereocenters. The van der Waals surface area contributed by atoms with Gasteiger partial charge in [-0.15, -0.1) is 0 Å². The molecule has 0 aromatic heterocycles. The third-order valence-electron chi connectivity index (χ3n) is 9.83. The van der Waals surface area contributed by atoms with Crippen molar-refractivity contribution in [1.29, 1.82) is 0 Å². The maximum absolute atomic E-state index is 2.79. The van der Waals surface area contributed by atoms with Crippen molar-refractivity contribution in [3.05, 3.63) is 23.3 Å². The molecule has 0 radical (unpaired) electrons. The fourth-order valence-electron chi connectivity index (χ4n) is 8.23. The fraction of sp³-hybridized carbons (Fsp3) is 0.862. The molecule has 0 aliphatic heterocycles. The molecule has 7 atom stereocenters. The van der Waals surface area contributed by atoms with Crippen molar-refractivity contribution >= 4 is 0 Å². The minimum absolute atomic E-state index is 0.535. The van der Waals surface area contributed by atoms with E-state index in [9.17, 15) is 0 Å². The summed E-state index contributed by atoms with van der Waals surface area (Å²) in [5.74, 6) is 4.70. The van der Waals surface area contributed by atoms with E-state index in [0.717, 1.165) is 29.6 Å². The lowest BCUT2D eigenvalue weighted by Gasteiger charge is -2.57. The van der Waals surface area contributed by atoms with Crippen molar-refractivity contribution in [2.45, 2.75) is 119 Å². The molecule has 0 saturated heterocycles. The summed E-state index contributed by atoms with van der Waals surface area (Å²) >= 11 is 0. The molecule has 0 heteroatoms. The Kier molecular flexibility index (Phi) is 7.44. The smallest absolute Gasteiger partial charge is 0.00851 e. The molecule has 3 saturated carbocycles. The molecule has 0 bridgehead atoms. The average Bonchev–Trinajstić information content (AvgIpc) is 3.06. The second-order valence-electron chi connectivity index (χ2n) is 11.6. The van der Waals surface area contributed by atoms with Crippen LogP contribution in [-0.2, 0) is 0 Å². The van der Waals surface area contributed by atoms with Gasteiger partial charge in [-0.1, -0.05) is 77.2 Å². The van der Waals surface area contributed by atoms with E-state index in [4.69, 9.17) is 0 Å². The molecule has 0 N–H and O–H groups in total. The molecular formula is C29H50. The highest BCUT2D eigenvalue weighted by Crippen LogP contribution is 2.66. The minimum Gasteiger partial charge on any atom is -0.0884 e. The highest BCUT2D eigenvalue weighted by molar-refractivity contribution is 5.30. The fourth-order valence-corrected chi connectivity index (χ4v) is 8.23.